The van der Waals surface area contributed by atoms with Gasteiger partial charge in [-0.1, -0.05) is 0 Å². The first-order valence-electron chi connectivity index (χ1n) is 7.87. The van der Waals surface area contributed by atoms with E-state index in [2.05, 4.69) is 5.32 Å². The molecule has 0 atom stereocenters. The van der Waals surface area contributed by atoms with Crippen LogP contribution < -0.4 is 5.32 Å². The third-order valence-electron chi connectivity index (χ3n) is 3.78. The molecule has 0 unspecified atom stereocenters. The number of aromatic nitrogens is 1. The summed E-state index contributed by atoms with van der Waals surface area (Å²) in [7, 11) is 0. The van der Waals surface area contributed by atoms with Gasteiger partial charge in [0.15, 0.2) is 0 Å². The van der Waals surface area contributed by atoms with Crippen molar-refractivity contribution in [3.8, 4) is 0 Å². The summed E-state index contributed by atoms with van der Waals surface area (Å²) in [5, 5.41) is 2.61. The number of ether oxygens (including phenoxy) is 1. The van der Waals surface area contributed by atoms with Crippen LogP contribution in [0.1, 0.15) is 34.2 Å². The highest BCUT2D eigenvalue weighted by molar-refractivity contribution is 5.91. The average Bonchev–Trinajstić information content (AvgIpc) is 2.80. The van der Waals surface area contributed by atoms with E-state index in [1.165, 1.54) is 0 Å². The number of hydrogen-bond donors (Lipinski definition) is 1. The summed E-state index contributed by atoms with van der Waals surface area (Å²) in [6, 6.07) is 4.76. The molecule has 2 rings (SSSR count). The topological polar surface area (TPSA) is 60.3 Å². The molecule has 1 aromatic heterocycles. The van der Waals surface area contributed by atoms with Crippen LogP contribution in [0, 0.1) is 25.5 Å². The summed E-state index contributed by atoms with van der Waals surface area (Å²) in [5.74, 6) is -2.15. The van der Waals surface area contributed by atoms with E-state index in [4.69, 9.17) is 4.74 Å². The Labute approximate surface area is 144 Å². The number of benzene rings is 1. The monoisotopic (exact) mass is 350 g/mol. The molecule has 1 amide bonds. The molecule has 0 bridgehead atoms. The zero-order chi connectivity index (χ0) is 18.6. The minimum absolute atomic E-state index is 0.00509. The highest BCUT2D eigenvalue weighted by Gasteiger charge is 2.18. The predicted octanol–water partition coefficient (Wildman–Crippen LogP) is 2.88. The van der Waals surface area contributed by atoms with Gasteiger partial charge in [-0.25, -0.2) is 13.6 Å². The molecule has 5 nitrogen and oxygen atoms in total. The number of carbonyl (C=O) groups excluding carboxylic acids is 2. The van der Waals surface area contributed by atoms with E-state index in [0.717, 1.165) is 23.9 Å². The molecule has 7 heteroatoms. The number of halogens is 2. The van der Waals surface area contributed by atoms with Crippen molar-refractivity contribution in [2.45, 2.75) is 33.9 Å². The largest absolute Gasteiger partial charge is 0.462 e. The first-order chi connectivity index (χ1) is 11.8. The number of carbonyl (C=O) groups is 2. The maximum absolute atomic E-state index is 13.1. The Morgan fingerprint density at radius 2 is 1.76 bits per heavy atom. The zero-order valence-corrected chi connectivity index (χ0v) is 14.4. The van der Waals surface area contributed by atoms with E-state index >= 15 is 0 Å². The van der Waals surface area contributed by atoms with Gasteiger partial charge in [-0.15, -0.1) is 0 Å². The third-order valence-corrected chi connectivity index (χ3v) is 3.78. The van der Waals surface area contributed by atoms with Crippen LogP contribution in [0.2, 0.25) is 0 Å². The lowest BCUT2D eigenvalue weighted by atomic mass is 10.2. The van der Waals surface area contributed by atoms with E-state index < -0.39 is 17.6 Å². The number of hydrogen-bond acceptors (Lipinski definition) is 3. The standard InChI is InChI=1S/C18H20F2N2O3/c1-4-25-18(24)16-5-11(2)22(12(16)3)10-17(23)21-9-13-6-14(19)8-15(20)7-13/h5-8H,4,9-10H2,1-3H3,(H,21,23). The van der Waals surface area contributed by atoms with Crippen molar-refractivity contribution in [1.29, 1.82) is 0 Å². The van der Waals surface area contributed by atoms with Crippen molar-refractivity contribution in [3.05, 3.63) is 58.4 Å². The lowest BCUT2D eigenvalue weighted by Crippen LogP contribution is -2.28. The van der Waals surface area contributed by atoms with Crippen molar-refractivity contribution < 1.29 is 23.1 Å². The minimum atomic E-state index is -0.694. The molecular formula is C18H20F2N2O3. The molecule has 0 saturated heterocycles. The summed E-state index contributed by atoms with van der Waals surface area (Å²) >= 11 is 0. The predicted molar refractivity (Wildman–Crippen MR) is 88.1 cm³/mol. The Morgan fingerprint density at radius 3 is 2.36 bits per heavy atom. The Hall–Kier alpha value is -2.70. The number of esters is 1. The van der Waals surface area contributed by atoms with Gasteiger partial charge < -0.3 is 14.6 Å². The molecule has 134 valence electrons. The number of nitrogens with zero attached hydrogens (tertiary/aromatic N) is 1. The normalized spacial score (nSPS) is 10.6. The van der Waals surface area contributed by atoms with Crippen LogP contribution in [0.25, 0.3) is 0 Å². The fourth-order valence-corrected chi connectivity index (χ4v) is 2.57. The molecule has 0 radical (unpaired) electrons. The van der Waals surface area contributed by atoms with Crippen LogP contribution in [0.15, 0.2) is 24.3 Å². The van der Waals surface area contributed by atoms with Gasteiger partial charge in [0.2, 0.25) is 5.91 Å². The molecule has 0 saturated carbocycles. The number of aryl methyl sites for hydroxylation is 1. The fourth-order valence-electron chi connectivity index (χ4n) is 2.57. The van der Waals surface area contributed by atoms with E-state index in [-0.39, 0.29) is 25.6 Å². The second kappa shape index (κ2) is 7.92. The quantitative estimate of drug-likeness (QED) is 0.815. The Bertz CT molecular complexity index is 780. The minimum Gasteiger partial charge on any atom is -0.462 e. The molecule has 25 heavy (non-hydrogen) atoms. The molecule has 1 aromatic carbocycles. The maximum Gasteiger partial charge on any atom is 0.339 e. The molecule has 2 aromatic rings. The average molecular weight is 350 g/mol. The number of amides is 1. The van der Waals surface area contributed by atoms with Gasteiger partial charge in [0.1, 0.15) is 18.2 Å². The van der Waals surface area contributed by atoms with E-state index in [1.54, 1.807) is 31.4 Å². The van der Waals surface area contributed by atoms with Crippen molar-refractivity contribution in [2.24, 2.45) is 0 Å². The molecule has 0 fully saturated rings. The van der Waals surface area contributed by atoms with E-state index in [0.29, 0.717) is 16.8 Å². The maximum atomic E-state index is 13.1. The molecule has 0 aliphatic carbocycles. The zero-order valence-electron chi connectivity index (χ0n) is 14.4. The van der Waals surface area contributed by atoms with E-state index in [9.17, 15) is 18.4 Å². The van der Waals surface area contributed by atoms with E-state index in [1.807, 2.05) is 0 Å². The summed E-state index contributed by atoms with van der Waals surface area (Å²) in [6.07, 6.45) is 0. The Balaban J connectivity index is 2.04. The summed E-state index contributed by atoms with van der Waals surface area (Å²) in [4.78, 5) is 24.0. The summed E-state index contributed by atoms with van der Waals surface area (Å²) in [6.45, 7) is 5.51. The number of nitrogens with one attached hydrogen (secondary N) is 1. The van der Waals surface area contributed by atoms with Gasteiger partial charge in [-0.3, -0.25) is 4.79 Å². The lowest BCUT2D eigenvalue weighted by molar-refractivity contribution is -0.121. The van der Waals surface area contributed by atoms with Gasteiger partial charge in [0.05, 0.1) is 12.2 Å². The Kier molecular flexibility index (Phi) is 5.90. The van der Waals surface area contributed by atoms with Crippen LogP contribution in [0.5, 0.6) is 0 Å². The molecular weight excluding hydrogens is 330 g/mol. The summed E-state index contributed by atoms with van der Waals surface area (Å²) in [5.41, 5.74) is 2.12. The van der Waals surface area contributed by atoms with Crippen LogP contribution in [-0.4, -0.2) is 23.1 Å². The summed E-state index contributed by atoms with van der Waals surface area (Å²) < 4.78 is 33.0. The van der Waals surface area contributed by atoms with Gasteiger partial charge in [0, 0.05) is 24.0 Å². The first kappa shape index (κ1) is 18.6. The molecule has 0 aliphatic heterocycles. The molecule has 0 aliphatic rings. The van der Waals surface area contributed by atoms with Crippen LogP contribution in [0.3, 0.4) is 0 Å². The lowest BCUT2D eigenvalue weighted by Gasteiger charge is -2.11. The molecule has 1 heterocycles. The van der Waals surface area contributed by atoms with Crippen LogP contribution in [-0.2, 0) is 22.6 Å². The molecule has 0 spiro atoms. The second-order valence-electron chi connectivity index (χ2n) is 5.65. The highest BCUT2D eigenvalue weighted by Crippen LogP contribution is 2.16. The van der Waals surface area contributed by atoms with Crippen molar-refractivity contribution in [2.75, 3.05) is 6.61 Å². The molecule has 1 N–H and O–H groups in total. The third kappa shape index (κ3) is 4.65. The Morgan fingerprint density at radius 1 is 1.12 bits per heavy atom. The smallest absolute Gasteiger partial charge is 0.339 e. The van der Waals surface area contributed by atoms with Gasteiger partial charge in [0.25, 0.3) is 0 Å². The van der Waals surface area contributed by atoms with Crippen molar-refractivity contribution >= 4 is 11.9 Å². The van der Waals surface area contributed by atoms with Crippen LogP contribution in [0.4, 0.5) is 8.78 Å². The SMILES string of the molecule is CCOC(=O)c1cc(C)n(CC(=O)NCc2cc(F)cc(F)c2)c1C. The van der Waals surface area contributed by atoms with Gasteiger partial charge in [-0.05, 0) is 44.5 Å². The first-order valence-corrected chi connectivity index (χ1v) is 7.87. The second-order valence-corrected chi connectivity index (χ2v) is 5.65. The van der Waals surface area contributed by atoms with Gasteiger partial charge >= 0.3 is 5.97 Å². The van der Waals surface area contributed by atoms with Crippen molar-refractivity contribution in [3.63, 3.8) is 0 Å². The van der Waals surface area contributed by atoms with Crippen molar-refractivity contribution in [1.82, 2.24) is 9.88 Å². The fraction of sp³-hybridized carbons (Fsp3) is 0.333. The number of rotatable bonds is 6. The van der Waals surface area contributed by atoms with Gasteiger partial charge in [-0.2, -0.15) is 0 Å². The van der Waals surface area contributed by atoms with Crippen LogP contribution >= 0.6 is 0 Å². The highest BCUT2D eigenvalue weighted by atomic mass is 19.1.